The van der Waals surface area contributed by atoms with Gasteiger partial charge in [-0.15, -0.1) is 24.0 Å². The largest absolute Gasteiger partial charge is 0.390 e. The second-order valence-electron chi connectivity index (χ2n) is 3.71. The van der Waals surface area contributed by atoms with Crippen molar-refractivity contribution in [3.05, 3.63) is 29.0 Å². The molecule has 1 aromatic rings. The second kappa shape index (κ2) is 9.22. The summed E-state index contributed by atoms with van der Waals surface area (Å²) >= 11 is 5.64. The first-order valence-electron chi connectivity index (χ1n) is 5.52. The third-order valence-corrected chi connectivity index (χ3v) is 2.40. The highest BCUT2D eigenvalue weighted by molar-refractivity contribution is 14.0. The molecule has 0 aliphatic carbocycles. The molecule has 0 bridgehead atoms. The molecule has 1 aromatic heterocycles. The summed E-state index contributed by atoms with van der Waals surface area (Å²) in [5.41, 5.74) is 0.850. The summed E-state index contributed by atoms with van der Waals surface area (Å²) in [5, 5.41) is 5.85. The lowest BCUT2D eigenvalue weighted by atomic mass is 10.3. The highest BCUT2D eigenvalue weighted by Crippen LogP contribution is 2.18. The zero-order chi connectivity index (χ0) is 14.3. The van der Waals surface area contributed by atoms with E-state index in [0.717, 1.165) is 5.56 Å². The monoisotopic (exact) mass is 422 g/mol. The molecule has 9 heteroatoms. The third kappa shape index (κ3) is 8.41. The van der Waals surface area contributed by atoms with E-state index in [4.69, 9.17) is 11.6 Å². The molecule has 0 radical (unpaired) electrons. The predicted octanol–water partition coefficient (Wildman–Crippen LogP) is 2.97. The van der Waals surface area contributed by atoms with Crippen LogP contribution >= 0.6 is 35.6 Å². The van der Waals surface area contributed by atoms with Crippen LogP contribution in [0.3, 0.4) is 0 Å². The van der Waals surface area contributed by atoms with E-state index in [1.54, 1.807) is 18.3 Å². The molecule has 0 amide bonds. The van der Waals surface area contributed by atoms with Gasteiger partial charge in [0.1, 0.15) is 5.15 Å². The van der Waals surface area contributed by atoms with Crippen molar-refractivity contribution in [2.75, 3.05) is 13.6 Å². The third-order valence-electron chi connectivity index (χ3n) is 2.17. The lowest BCUT2D eigenvalue weighted by molar-refractivity contribution is -0.132. The number of aliphatic imine (C=N–C) groups is 1. The minimum Gasteiger partial charge on any atom is -0.356 e. The SMILES string of the molecule is CN=C(NCCC(F)(F)F)NCc1ccc(Cl)nc1.I. The Bertz CT molecular complexity index is 423. The first kappa shape index (κ1) is 19.2. The second-order valence-corrected chi connectivity index (χ2v) is 4.09. The maximum atomic E-state index is 12.0. The van der Waals surface area contributed by atoms with Crippen LogP contribution in [-0.4, -0.2) is 30.7 Å². The molecule has 0 aliphatic rings. The molecule has 0 spiro atoms. The Morgan fingerprint density at radius 2 is 2.05 bits per heavy atom. The highest BCUT2D eigenvalue weighted by atomic mass is 127. The Balaban J connectivity index is 0.00000361. The van der Waals surface area contributed by atoms with E-state index in [1.807, 2.05) is 0 Å². The van der Waals surface area contributed by atoms with Crippen LogP contribution in [0.1, 0.15) is 12.0 Å². The lowest BCUT2D eigenvalue weighted by Gasteiger charge is -2.12. The van der Waals surface area contributed by atoms with Crippen LogP contribution in [0.4, 0.5) is 13.2 Å². The van der Waals surface area contributed by atoms with E-state index >= 15 is 0 Å². The van der Waals surface area contributed by atoms with Gasteiger partial charge in [-0.2, -0.15) is 13.2 Å². The van der Waals surface area contributed by atoms with Gasteiger partial charge in [-0.3, -0.25) is 4.99 Å². The van der Waals surface area contributed by atoms with Crippen LogP contribution in [0.25, 0.3) is 0 Å². The van der Waals surface area contributed by atoms with Gasteiger partial charge in [0.2, 0.25) is 0 Å². The van der Waals surface area contributed by atoms with Crippen molar-refractivity contribution in [2.24, 2.45) is 4.99 Å². The van der Waals surface area contributed by atoms with Crippen LogP contribution in [0, 0.1) is 0 Å². The van der Waals surface area contributed by atoms with E-state index in [9.17, 15) is 13.2 Å². The van der Waals surface area contributed by atoms with E-state index in [2.05, 4.69) is 20.6 Å². The van der Waals surface area contributed by atoms with Gasteiger partial charge in [0, 0.05) is 26.3 Å². The van der Waals surface area contributed by atoms with Gasteiger partial charge in [0.05, 0.1) is 6.42 Å². The molecule has 0 atom stereocenters. The number of halogens is 5. The highest BCUT2D eigenvalue weighted by Gasteiger charge is 2.26. The predicted molar refractivity (Wildman–Crippen MR) is 83.5 cm³/mol. The fraction of sp³-hybridized carbons (Fsp3) is 0.455. The molecule has 2 N–H and O–H groups in total. The Morgan fingerprint density at radius 1 is 1.35 bits per heavy atom. The maximum Gasteiger partial charge on any atom is 0.390 e. The standard InChI is InChI=1S/C11H14ClF3N4.HI/c1-16-10(17-5-4-11(13,14)15)19-7-8-2-3-9(12)18-6-8;/h2-3,6H,4-5,7H2,1H3,(H2,16,17,19);1H. The lowest BCUT2D eigenvalue weighted by Crippen LogP contribution is -2.38. The smallest absolute Gasteiger partial charge is 0.356 e. The van der Waals surface area contributed by atoms with E-state index in [1.165, 1.54) is 7.05 Å². The summed E-state index contributed by atoms with van der Waals surface area (Å²) in [6.45, 7) is 0.178. The van der Waals surface area contributed by atoms with E-state index in [0.29, 0.717) is 17.7 Å². The topological polar surface area (TPSA) is 49.3 Å². The minimum atomic E-state index is -4.17. The number of nitrogens with zero attached hydrogens (tertiary/aromatic N) is 2. The molecule has 0 aliphatic heterocycles. The number of hydrogen-bond donors (Lipinski definition) is 2. The van der Waals surface area contributed by atoms with Crippen molar-refractivity contribution in [2.45, 2.75) is 19.1 Å². The molecule has 114 valence electrons. The number of guanidine groups is 1. The molecule has 0 saturated carbocycles. The van der Waals surface area contributed by atoms with Crippen LogP contribution in [0.5, 0.6) is 0 Å². The molecule has 0 aromatic carbocycles. The number of aromatic nitrogens is 1. The minimum absolute atomic E-state index is 0. The zero-order valence-corrected chi connectivity index (χ0v) is 13.8. The first-order chi connectivity index (χ1) is 8.90. The van der Waals surface area contributed by atoms with Gasteiger partial charge in [0.15, 0.2) is 5.96 Å². The number of pyridine rings is 1. The van der Waals surface area contributed by atoms with Crippen molar-refractivity contribution >= 4 is 41.5 Å². The van der Waals surface area contributed by atoms with Crippen LogP contribution < -0.4 is 10.6 Å². The molecule has 0 unspecified atom stereocenters. The van der Waals surface area contributed by atoms with Gasteiger partial charge in [-0.1, -0.05) is 17.7 Å². The van der Waals surface area contributed by atoms with Gasteiger partial charge in [-0.05, 0) is 11.6 Å². The fourth-order valence-electron chi connectivity index (χ4n) is 1.24. The summed E-state index contributed by atoms with van der Waals surface area (Å²) in [7, 11) is 1.49. The van der Waals surface area contributed by atoms with Crippen molar-refractivity contribution in [3.63, 3.8) is 0 Å². The molecule has 4 nitrogen and oxygen atoms in total. The molecule has 0 saturated heterocycles. The average molecular weight is 423 g/mol. The fourth-order valence-corrected chi connectivity index (χ4v) is 1.35. The Hall–Kier alpha value is -0.770. The summed E-state index contributed by atoms with van der Waals surface area (Å²) in [4.78, 5) is 7.71. The first-order valence-corrected chi connectivity index (χ1v) is 5.90. The summed E-state index contributed by atoms with van der Waals surface area (Å²) < 4.78 is 35.9. The molecule has 1 rings (SSSR count). The zero-order valence-electron chi connectivity index (χ0n) is 10.7. The molecular formula is C11H15ClF3IN4. The van der Waals surface area contributed by atoms with Gasteiger partial charge in [-0.25, -0.2) is 4.98 Å². The Labute approximate surface area is 137 Å². The van der Waals surface area contributed by atoms with Crippen LogP contribution in [0.2, 0.25) is 5.15 Å². The van der Waals surface area contributed by atoms with E-state index in [-0.39, 0.29) is 30.5 Å². The van der Waals surface area contributed by atoms with Crippen LogP contribution in [0.15, 0.2) is 23.3 Å². The van der Waals surface area contributed by atoms with Crippen molar-refractivity contribution < 1.29 is 13.2 Å². The quantitative estimate of drug-likeness (QED) is 0.339. The van der Waals surface area contributed by atoms with Crippen molar-refractivity contribution in [3.8, 4) is 0 Å². The number of nitrogens with one attached hydrogen (secondary N) is 2. The number of alkyl halides is 3. The summed E-state index contributed by atoms with van der Waals surface area (Å²) in [6.07, 6.45) is -3.50. The maximum absolute atomic E-state index is 12.0. The molecule has 1 heterocycles. The average Bonchev–Trinajstić information content (AvgIpc) is 2.34. The summed E-state index contributed by atoms with van der Waals surface area (Å²) in [6, 6.07) is 3.41. The van der Waals surface area contributed by atoms with Gasteiger partial charge >= 0.3 is 6.18 Å². The molecular weight excluding hydrogens is 408 g/mol. The van der Waals surface area contributed by atoms with Gasteiger partial charge in [0.25, 0.3) is 0 Å². The van der Waals surface area contributed by atoms with E-state index < -0.39 is 12.6 Å². The normalized spacial score (nSPS) is 11.8. The van der Waals surface area contributed by atoms with Crippen molar-refractivity contribution in [1.82, 2.24) is 15.6 Å². The summed E-state index contributed by atoms with van der Waals surface area (Å²) in [5.74, 6) is 0.305. The van der Waals surface area contributed by atoms with Crippen LogP contribution in [-0.2, 0) is 6.54 Å². The molecule has 0 fully saturated rings. The van der Waals surface area contributed by atoms with Crippen molar-refractivity contribution in [1.29, 1.82) is 0 Å². The Kier molecular flexibility index (Phi) is 8.86. The number of rotatable bonds is 4. The van der Waals surface area contributed by atoms with Gasteiger partial charge < -0.3 is 10.6 Å². The number of hydrogen-bond acceptors (Lipinski definition) is 2. The Morgan fingerprint density at radius 3 is 2.55 bits per heavy atom. The molecule has 20 heavy (non-hydrogen) atoms.